The minimum Gasteiger partial charge on any atom is -0.395 e. The third kappa shape index (κ3) is 2.55. The molecule has 2 N–H and O–H groups in total. The van der Waals surface area contributed by atoms with Gasteiger partial charge in [-0.3, -0.25) is 0 Å². The molecular weight excluding hydrogens is 172 g/mol. The molecule has 0 spiro atoms. The lowest BCUT2D eigenvalue weighted by Crippen LogP contribution is -2.31. The van der Waals surface area contributed by atoms with Crippen molar-refractivity contribution in [2.75, 3.05) is 13.7 Å². The van der Waals surface area contributed by atoms with Crippen LogP contribution in [-0.4, -0.2) is 29.8 Å². The molecule has 0 radical (unpaired) electrons. The summed E-state index contributed by atoms with van der Waals surface area (Å²) in [5.41, 5.74) is 1.06. The van der Waals surface area contributed by atoms with Crippen molar-refractivity contribution in [3.63, 3.8) is 0 Å². The number of likely N-dealkylation sites (N-methyl/N-ethyl adjacent to an activating group) is 1. The van der Waals surface area contributed by atoms with Crippen molar-refractivity contribution in [2.45, 2.75) is 19.4 Å². The van der Waals surface area contributed by atoms with Crippen LogP contribution in [0.2, 0.25) is 0 Å². The van der Waals surface area contributed by atoms with Gasteiger partial charge >= 0.3 is 0 Å². The molecule has 1 atom stereocenters. The molecule has 0 bridgehead atoms. The highest BCUT2D eigenvalue weighted by atomic mass is 32.1. The maximum atomic E-state index is 8.91. The van der Waals surface area contributed by atoms with Crippen molar-refractivity contribution < 1.29 is 5.11 Å². The van der Waals surface area contributed by atoms with E-state index in [4.69, 9.17) is 5.11 Å². The lowest BCUT2D eigenvalue weighted by Gasteiger charge is -2.09. The fraction of sp³-hybridized carbons (Fsp3) is 0.625. The molecule has 1 aromatic heterocycles. The van der Waals surface area contributed by atoms with Crippen molar-refractivity contribution in [1.82, 2.24) is 10.3 Å². The Bertz CT molecular complexity index is 233. The summed E-state index contributed by atoms with van der Waals surface area (Å²) in [5.74, 6) is 0. The Morgan fingerprint density at radius 2 is 2.50 bits per heavy atom. The van der Waals surface area contributed by atoms with Crippen LogP contribution >= 0.6 is 11.3 Å². The van der Waals surface area contributed by atoms with Gasteiger partial charge in [0.2, 0.25) is 0 Å². The maximum absolute atomic E-state index is 8.91. The van der Waals surface area contributed by atoms with E-state index in [1.54, 1.807) is 11.3 Å². The van der Waals surface area contributed by atoms with Crippen molar-refractivity contribution in [1.29, 1.82) is 0 Å². The highest BCUT2D eigenvalue weighted by Crippen LogP contribution is 2.10. The van der Waals surface area contributed by atoms with Crippen LogP contribution in [0, 0.1) is 6.92 Å². The van der Waals surface area contributed by atoms with Gasteiger partial charge in [0.1, 0.15) is 0 Å². The first-order valence-corrected chi connectivity index (χ1v) is 4.83. The molecule has 1 heterocycles. The zero-order valence-corrected chi connectivity index (χ0v) is 8.19. The molecule has 3 nitrogen and oxygen atoms in total. The van der Waals surface area contributed by atoms with Gasteiger partial charge in [0.25, 0.3) is 0 Å². The molecule has 0 aliphatic rings. The summed E-state index contributed by atoms with van der Waals surface area (Å²) in [4.78, 5) is 4.31. The van der Waals surface area contributed by atoms with Crippen molar-refractivity contribution >= 4 is 11.3 Å². The first-order chi connectivity index (χ1) is 5.76. The van der Waals surface area contributed by atoms with Gasteiger partial charge in [0.05, 0.1) is 11.6 Å². The third-order valence-corrected chi connectivity index (χ3v) is 2.71. The van der Waals surface area contributed by atoms with E-state index in [0.717, 1.165) is 17.1 Å². The fourth-order valence-electron chi connectivity index (χ4n) is 0.965. The maximum Gasteiger partial charge on any atom is 0.0944 e. The number of thiazole rings is 1. The van der Waals surface area contributed by atoms with Crippen LogP contribution in [0.25, 0.3) is 0 Å². The molecule has 1 aromatic rings. The topological polar surface area (TPSA) is 45.1 Å². The molecule has 12 heavy (non-hydrogen) atoms. The Balaban J connectivity index is 2.50. The highest BCUT2D eigenvalue weighted by Gasteiger charge is 2.07. The van der Waals surface area contributed by atoms with Crippen LogP contribution in [-0.2, 0) is 6.42 Å². The minimum absolute atomic E-state index is 0.135. The molecule has 0 aromatic carbocycles. The van der Waals surface area contributed by atoms with Crippen LogP contribution < -0.4 is 5.32 Å². The summed E-state index contributed by atoms with van der Waals surface area (Å²) >= 11 is 1.65. The van der Waals surface area contributed by atoms with Gasteiger partial charge in [-0.25, -0.2) is 4.98 Å². The number of aliphatic hydroxyl groups excluding tert-OH is 1. The van der Waals surface area contributed by atoms with Crippen LogP contribution in [0.1, 0.15) is 10.7 Å². The highest BCUT2D eigenvalue weighted by molar-refractivity contribution is 7.09. The summed E-state index contributed by atoms with van der Waals surface area (Å²) in [5, 5.41) is 15.0. The van der Waals surface area contributed by atoms with E-state index in [0.29, 0.717) is 0 Å². The molecule has 0 aliphatic carbocycles. The van der Waals surface area contributed by atoms with Gasteiger partial charge < -0.3 is 10.4 Å². The van der Waals surface area contributed by atoms with Crippen molar-refractivity contribution in [2.24, 2.45) is 0 Å². The molecule has 0 aliphatic heterocycles. The predicted octanol–water partition coefficient (Wildman–Crippen LogP) is 0.574. The summed E-state index contributed by atoms with van der Waals surface area (Å²) in [6.45, 7) is 2.14. The molecule has 68 valence electrons. The van der Waals surface area contributed by atoms with E-state index in [1.165, 1.54) is 0 Å². The Morgan fingerprint density at radius 1 is 1.75 bits per heavy atom. The molecule has 0 saturated heterocycles. The van der Waals surface area contributed by atoms with Crippen LogP contribution in [0.3, 0.4) is 0 Å². The first kappa shape index (κ1) is 9.64. The number of hydrogen-bond donors (Lipinski definition) is 2. The molecule has 0 amide bonds. The molecular formula is C8H14N2OS. The number of nitrogens with zero attached hydrogens (tertiary/aromatic N) is 1. The second kappa shape index (κ2) is 4.54. The fourth-order valence-corrected chi connectivity index (χ4v) is 1.82. The standard InChI is InChI=1S/C8H14N2OS/c1-6-5-12-8(10-6)3-7(4-11)9-2/h5,7,9,11H,3-4H2,1-2H3. The molecule has 0 saturated carbocycles. The average Bonchev–Trinajstić information content (AvgIpc) is 2.47. The van der Waals surface area contributed by atoms with Gasteiger partial charge in [0, 0.05) is 23.5 Å². The van der Waals surface area contributed by atoms with Crippen LogP contribution in [0.4, 0.5) is 0 Å². The summed E-state index contributed by atoms with van der Waals surface area (Å²) in [6, 6.07) is 0.135. The molecule has 4 heteroatoms. The Morgan fingerprint density at radius 3 is 2.92 bits per heavy atom. The first-order valence-electron chi connectivity index (χ1n) is 3.95. The second-order valence-corrected chi connectivity index (χ2v) is 3.70. The summed E-state index contributed by atoms with van der Waals surface area (Å²) in [6.07, 6.45) is 0.811. The van der Waals surface area contributed by atoms with E-state index in [2.05, 4.69) is 10.3 Å². The number of hydrogen-bond acceptors (Lipinski definition) is 4. The minimum atomic E-state index is 0.135. The Labute approximate surface area is 76.5 Å². The predicted molar refractivity (Wildman–Crippen MR) is 50.5 cm³/mol. The summed E-state index contributed by atoms with van der Waals surface area (Å²) in [7, 11) is 1.85. The SMILES string of the molecule is CNC(CO)Cc1nc(C)cs1. The number of aliphatic hydroxyl groups is 1. The van der Waals surface area contributed by atoms with E-state index in [1.807, 2.05) is 19.4 Å². The molecule has 1 unspecified atom stereocenters. The zero-order valence-electron chi connectivity index (χ0n) is 7.37. The normalized spacial score (nSPS) is 13.2. The van der Waals surface area contributed by atoms with Gasteiger partial charge in [0.15, 0.2) is 0 Å². The molecule has 0 fully saturated rings. The number of aryl methyl sites for hydroxylation is 1. The molecule has 1 rings (SSSR count). The third-order valence-electron chi connectivity index (χ3n) is 1.72. The summed E-state index contributed by atoms with van der Waals surface area (Å²) < 4.78 is 0. The zero-order chi connectivity index (χ0) is 8.97. The van der Waals surface area contributed by atoms with E-state index in [-0.39, 0.29) is 12.6 Å². The second-order valence-electron chi connectivity index (χ2n) is 2.75. The largest absolute Gasteiger partial charge is 0.395 e. The smallest absolute Gasteiger partial charge is 0.0944 e. The lowest BCUT2D eigenvalue weighted by molar-refractivity contribution is 0.248. The van der Waals surface area contributed by atoms with Gasteiger partial charge in [-0.2, -0.15) is 0 Å². The van der Waals surface area contributed by atoms with Crippen molar-refractivity contribution in [3.05, 3.63) is 16.1 Å². The number of aromatic nitrogens is 1. The lowest BCUT2D eigenvalue weighted by atomic mass is 10.2. The van der Waals surface area contributed by atoms with E-state index >= 15 is 0 Å². The average molecular weight is 186 g/mol. The van der Waals surface area contributed by atoms with Crippen LogP contribution in [0.15, 0.2) is 5.38 Å². The number of nitrogens with one attached hydrogen (secondary N) is 1. The van der Waals surface area contributed by atoms with Gasteiger partial charge in [-0.15, -0.1) is 11.3 Å². The number of rotatable bonds is 4. The van der Waals surface area contributed by atoms with Gasteiger partial charge in [-0.1, -0.05) is 0 Å². The van der Waals surface area contributed by atoms with Gasteiger partial charge in [-0.05, 0) is 14.0 Å². The quantitative estimate of drug-likeness (QED) is 0.723. The van der Waals surface area contributed by atoms with Crippen molar-refractivity contribution in [3.8, 4) is 0 Å². The monoisotopic (exact) mass is 186 g/mol. The van der Waals surface area contributed by atoms with E-state index in [9.17, 15) is 0 Å². The Hall–Kier alpha value is -0.450. The Kier molecular flexibility index (Phi) is 3.65. The van der Waals surface area contributed by atoms with Crippen LogP contribution in [0.5, 0.6) is 0 Å². The van der Waals surface area contributed by atoms with E-state index < -0.39 is 0 Å².